The van der Waals surface area contributed by atoms with Crippen molar-refractivity contribution >= 4 is 11.6 Å². The van der Waals surface area contributed by atoms with Crippen LogP contribution in [-0.4, -0.2) is 4.98 Å². The molecule has 1 heterocycles. The number of nitrogens with two attached hydrogens (primary N) is 1. The molecule has 1 aromatic heterocycles. The number of hydrazine groups is 1. The Balaban J connectivity index is 2.25. The summed E-state index contributed by atoms with van der Waals surface area (Å²) >= 11 is 6.08. The van der Waals surface area contributed by atoms with Crippen molar-refractivity contribution < 1.29 is 4.39 Å². The van der Waals surface area contributed by atoms with Crippen LogP contribution in [0.5, 0.6) is 0 Å². The summed E-state index contributed by atoms with van der Waals surface area (Å²) in [5.41, 5.74) is 5.21. The molecule has 0 fully saturated rings. The van der Waals surface area contributed by atoms with Gasteiger partial charge in [-0.2, -0.15) is 0 Å². The Morgan fingerprint density at radius 1 is 1.42 bits per heavy atom. The molecule has 19 heavy (non-hydrogen) atoms. The van der Waals surface area contributed by atoms with Gasteiger partial charge in [0, 0.05) is 12.4 Å². The predicted octanol–water partition coefficient (Wildman–Crippen LogP) is 2.93. The Morgan fingerprint density at radius 3 is 2.84 bits per heavy atom. The van der Waals surface area contributed by atoms with Gasteiger partial charge in [0.15, 0.2) is 0 Å². The fraction of sp³-hybridized carbons (Fsp3) is 0.214. The van der Waals surface area contributed by atoms with E-state index in [1.165, 1.54) is 6.07 Å². The molecule has 0 aliphatic carbocycles. The molecule has 100 valence electrons. The highest BCUT2D eigenvalue weighted by Gasteiger charge is 2.13. The molecule has 1 aromatic carbocycles. The van der Waals surface area contributed by atoms with E-state index in [1.807, 2.05) is 6.07 Å². The Labute approximate surface area is 116 Å². The summed E-state index contributed by atoms with van der Waals surface area (Å²) in [5.74, 6) is 5.37. The third-order valence-corrected chi connectivity index (χ3v) is 3.41. The number of aryl methyl sites for hydroxylation is 1. The fourth-order valence-corrected chi connectivity index (χ4v) is 2.14. The molecule has 0 spiro atoms. The van der Waals surface area contributed by atoms with Crippen molar-refractivity contribution in [3.05, 3.63) is 64.2 Å². The van der Waals surface area contributed by atoms with Crippen LogP contribution in [0.1, 0.15) is 22.7 Å². The second-order valence-corrected chi connectivity index (χ2v) is 4.81. The molecule has 0 saturated carbocycles. The summed E-state index contributed by atoms with van der Waals surface area (Å²) in [6.07, 6.45) is 3.90. The first-order valence-corrected chi connectivity index (χ1v) is 6.30. The number of pyridine rings is 1. The molecule has 0 saturated heterocycles. The second-order valence-electron chi connectivity index (χ2n) is 4.40. The molecule has 0 aliphatic heterocycles. The topological polar surface area (TPSA) is 50.9 Å². The van der Waals surface area contributed by atoms with Gasteiger partial charge in [-0.25, -0.2) is 4.39 Å². The lowest BCUT2D eigenvalue weighted by Crippen LogP contribution is -2.29. The van der Waals surface area contributed by atoms with E-state index in [-0.39, 0.29) is 11.9 Å². The van der Waals surface area contributed by atoms with Gasteiger partial charge in [-0.3, -0.25) is 16.3 Å². The van der Waals surface area contributed by atoms with E-state index in [0.717, 1.165) is 11.1 Å². The standard InChI is InChI=1S/C14H15ClFN3/c1-9-6-11(2-3-13(9)16)14(19-17)7-10-4-5-18-8-12(10)15/h2-6,8,14,19H,7,17H2,1H3. The number of benzene rings is 1. The summed E-state index contributed by atoms with van der Waals surface area (Å²) < 4.78 is 13.3. The molecule has 0 bridgehead atoms. The van der Waals surface area contributed by atoms with Crippen LogP contribution in [0, 0.1) is 12.7 Å². The molecule has 0 aliphatic rings. The summed E-state index contributed by atoms with van der Waals surface area (Å²) in [4.78, 5) is 3.94. The van der Waals surface area contributed by atoms with Crippen molar-refractivity contribution in [2.45, 2.75) is 19.4 Å². The quantitative estimate of drug-likeness (QED) is 0.668. The summed E-state index contributed by atoms with van der Waals surface area (Å²) in [6, 6.07) is 6.68. The molecule has 0 amide bonds. The van der Waals surface area contributed by atoms with E-state index in [9.17, 15) is 4.39 Å². The molecular weight excluding hydrogens is 265 g/mol. The summed E-state index contributed by atoms with van der Waals surface area (Å²) in [6.45, 7) is 1.73. The van der Waals surface area contributed by atoms with Gasteiger partial charge in [-0.1, -0.05) is 23.7 Å². The van der Waals surface area contributed by atoms with E-state index in [0.29, 0.717) is 17.0 Å². The number of halogens is 2. The Kier molecular flexibility index (Phi) is 4.47. The summed E-state index contributed by atoms with van der Waals surface area (Å²) in [7, 11) is 0. The van der Waals surface area contributed by atoms with Gasteiger partial charge in [0.25, 0.3) is 0 Å². The average Bonchev–Trinajstić information content (AvgIpc) is 2.41. The minimum atomic E-state index is -0.221. The fourth-order valence-electron chi connectivity index (χ4n) is 1.95. The van der Waals surface area contributed by atoms with Crippen molar-refractivity contribution in [3.8, 4) is 0 Å². The van der Waals surface area contributed by atoms with Crippen molar-refractivity contribution in [2.24, 2.45) is 5.84 Å². The molecule has 2 aromatic rings. The van der Waals surface area contributed by atoms with E-state index in [4.69, 9.17) is 17.4 Å². The van der Waals surface area contributed by atoms with Crippen molar-refractivity contribution in [2.75, 3.05) is 0 Å². The molecular formula is C14H15ClFN3. The average molecular weight is 280 g/mol. The molecule has 0 radical (unpaired) electrons. The van der Waals surface area contributed by atoms with Gasteiger partial charge in [0.1, 0.15) is 5.82 Å². The molecule has 5 heteroatoms. The molecule has 3 N–H and O–H groups in total. The van der Waals surface area contributed by atoms with Crippen LogP contribution >= 0.6 is 11.6 Å². The first-order valence-electron chi connectivity index (χ1n) is 5.92. The first-order chi connectivity index (χ1) is 9.11. The van der Waals surface area contributed by atoms with Crippen LogP contribution in [-0.2, 0) is 6.42 Å². The molecule has 1 atom stereocenters. The Hall–Kier alpha value is -1.49. The zero-order valence-corrected chi connectivity index (χ0v) is 11.3. The predicted molar refractivity (Wildman–Crippen MR) is 74.2 cm³/mol. The Morgan fingerprint density at radius 2 is 2.21 bits per heavy atom. The number of aromatic nitrogens is 1. The Bertz CT molecular complexity index is 574. The minimum Gasteiger partial charge on any atom is -0.271 e. The van der Waals surface area contributed by atoms with E-state index in [1.54, 1.807) is 31.5 Å². The van der Waals surface area contributed by atoms with Gasteiger partial charge < -0.3 is 0 Å². The lowest BCUT2D eigenvalue weighted by Gasteiger charge is -2.17. The maximum Gasteiger partial charge on any atom is 0.126 e. The lowest BCUT2D eigenvalue weighted by atomic mass is 9.98. The van der Waals surface area contributed by atoms with E-state index < -0.39 is 0 Å². The monoisotopic (exact) mass is 279 g/mol. The highest BCUT2D eigenvalue weighted by atomic mass is 35.5. The normalized spacial score (nSPS) is 12.4. The second kappa shape index (κ2) is 6.10. The summed E-state index contributed by atoms with van der Waals surface area (Å²) in [5, 5.41) is 0.599. The molecule has 1 unspecified atom stereocenters. The lowest BCUT2D eigenvalue weighted by molar-refractivity contribution is 0.548. The number of rotatable bonds is 4. The van der Waals surface area contributed by atoms with Gasteiger partial charge in [0.2, 0.25) is 0 Å². The van der Waals surface area contributed by atoms with Crippen LogP contribution in [0.25, 0.3) is 0 Å². The molecule has 2 rings (SSSR count). The van der Waals surface area contributed by atoms with Gasteiger partial charge >= 0.3 is 0 Å². The van der Waals surface area contributed by atoms with Crippen LogP contribution in [0.4, 0.5) is 4.39 Å². The van der Waals surface area contributed by atoms with Gasteiger partial charge in [-0.15, -0.1) is 0 Å². The number of nitrogens with one attached hydrogen (secondary N) is 1. The van der Waals surface area contributed by atoms with Gasteiger partial charge in [-0.05, 0) is 42.2 Å². The third kappa shape index (κ3) is 3.29. The van der Waals surface area contributed by atoms with Crippen LogP contribution < -0.4 is 11.3 Å². The SMILES string of the molecule is Cc1cc(C(Cc2ccncc2Cl)NN)ccc1F. The van der Waals surface area contributed by atoms with Crippen LogP contribution in [0.2, 0.25) is 5.02 Å². The number of hydrogen-bond acceptors (Lipinski definition) is 3. The van der Waals surface area contributed by atoms with E-state index in [2.05, 4.69) is 10.4 Å². The van der Waals surface area contributed by atoms with Crippen LogP contribution in [0.3, 0.4) is 0 Å². The van der Waals surface area contributed by atoms with Crippen LogP contribution in [0.15, 0.2) is 36.7 Å². The zero-order valence-electron chi connectivity index (χ0n) is 10.5. The van der Waals surface area contributed by atoms with Crippen molar-refractivity contribution in [1.29, 1.82) is 0 Å². The largest absolute Gasteiger partial charge is 0.271 e. The number of hydrogen-bond donors (Lipinski definition) is 2. The highest BCUT2D eigenvalue weighted by Crippen LogP contribution is 2.23. The smallest absolute Gasteiger partial charge is 0.126 e. The maximum atomic E-state index is 13.3. The van der Waals surface area contributed by atoms with Crippen molar-refractivity contribution in [3.63, 3.8) is 0 Å². The number of nitrogens with zero attached hydrogens (tertiary/aromatic N) is 1. The third-order valence-electron chi connectivity index (χ3n) is 3.07. The highest BCUT2D eigenvalue weighted by molar-refractivity contribution is 6.31. The van der Waals surface area contributed by atoms with E-state index >= 15 is 0 Å². The first kappa shape index (κ1) is 13.9. The van der Waals surface area contributed by atoms with Gasteiger partial charge in [0.05, 0.1) is 11.1 Å². The van der Waals surface area contributed by atoms with Crippen molar-refractivity contribution in [1.82, 2.24) is 10.4 Å². The maximum absolute atomic E-state index is 13.3. The molecule has 3 nitrogen and oxygen atoms in total. The zero-order chi connectivity index (χ0) is 13.8. The minimum absolute atomic E-state index is 0.126.